The number of ether oxygens (including phenoxy) is 1. The van der Waals surface area contributed by atoms with Crippen LogP contribution in [0.15, 0.2) is 42.5 Å². The molecule has 1 heterocycles. The van der Waals surface area contributed by atoms with Gasteiger partial charge < -0.3 is 15.0 Å². The maximum Gasteiger partial charge on any atom is 0.338 e. The smallest absolute Gasteiger partial charge is 0.338 e. The molecule has 0 aliphatic carbocycles. The largest absolute Gasteiger partial charge is 0.462 e. The van der Waals surface area contributed by atoms with Crippen LogP contribution < -0.4 is 5.32 Å². The minimum absolute atomic E-state index is 0.101. The number of hydrogen-bond acceptors (Lipinski definition) is 4. The van der Waals surface area contributed by atoms with Gasteiger partial charge >= 0.3 is 5.97 Å². The van der Waals surface area contributed by atoms with E-state index in [1.165, 1.54) is 0 Å². The van der Waals surface area contributed by atoms with Crippen LogP contribution >= 0.6 is 23.2 Å². The summed E-state index contributed by atoms with van der Waals surface area (Å²) in [5, 5.41) is 3.66. The summed E-state index contributed by atoms with van der Waals surface area (Å²) >= 11 is 12.0. The van der Waals surface area contributed by atoms with Crippen molar-refractivity contribution in [3.8, 4) is 0 Å². The van der Waals surface area contributed by atoms with Gasteiger partial charge in [-0.3, -0.25) is 9.59 Å². The third-order valence-electron chi connectivity index (χ3n) is 4.98. The van der Waals surface area contributed by atoms with E-state index in [-0.39, 0.29) is 17.7 Å². The average molecular weight is 449 g/mol. The molecule has 6 nitrogen and oxygen atoms in total. The van der Waals surface area contributed by atoms with E-state index in [1.54, 1.807) is 54.3 Å². The first-order valence-electron chi connectivity index (χ1n) is 9.71. The Hall–Kier alpha value is -2.57. The summed E-state index contributed by atoms with van der Waals surface area (Å²) in [7, 11) is 0. The van der Waals surface area contributed by atoms with Gasteiger partial charge in [0.1, 0.15) is 0 Å². The van der Waals surface area contributed by atoms with Crippen molar-refractivity contribution in [3.63, 3.8) is 0 Å². The number of carbonyl (C=O) groups is 3. The zero-order valence-electron chi connectivity index (χ0n) is 16.5. The number of esters is 1. The Morgan fingerprint density at radius 2 is 1.73 bits per heavy atom. The van der Waals surface area contributed by atoms with Crippen LogP contribution in [0, 0.1) is 5.92 Å². The summed E-state index contributed by atoms with van der Waals surface area (Å²) in [5.41, 5.74) is 1.45. The number of benzene rings is 2. The van der Waals surface area contributed by atoms with E-state index in [2.05, 4.69) is 5.32 Å². The zero-order chi connectivity index (χ0) is 21.7. The van der Waals surface area contributed by atoms with E-state index in [1.807, 2.05) is 0 Å². The fraction of sp³-hybridized carbons (Fsp3) is 0.318. The maximum absolute atomic E-state index is 12.7. The van der Waals surface area contributed by atoms with Crippen molar-refractivity contribution in [2.45, 2.75) is 19.8 Å². The SMILES string of the molecule is CCOC(=O)c1ccc(NC(=O)C2CCN(C(=O)c3ccc(Cl)cc3Cl)CC2)cc1. The van der Waals surface area contributed by atoms with E-state index >= 15 is 0 Å². The number of piperidine rings is 1. The number of nitrogens with one attached hydrogen (secondary N) is 1. The van der Waals surface area contributed by atoms with Crippen LogP contribution in [0.1, 0.15) is 40.5 Å². The summed E-state index contributed by atoms with van der Waals surface area (Å²) in [6, 6.07) is 11.4. The molecule has 3 rings (SSSR count). The number of amides is 2. The number of anilines is 1. The van der Waals surface area contributed by atoms with Crippen molar-refractivity contribution in [3.05, 3.63) is 63.6 Å². The molecule has 1 aliphatic rings. The highest BCUT2D eigenvalue weighted by molar-refractivity contribution is 6.36. The number of rotatable bonds is 5. The second kappa shape index (κ2) is 9.96. The monoisotopic (exact) mass is 448 g/mol. The van der Waals surface area contributed by atoms with Crippen molar-refractivity contribution in [2.24, 2.45) is 5.92 Å². The third kappa shape index (κ3) is 5.32. The molecule has 0 radical (unpaired) electrons. The molecule has 2 amide bonds. The Morgan fingerprint density at radius 3 is 2.33 bits per heavy atom. The molecule has 8 heteroatoms. The Labute approximate surface area is 185 Å². The molecule has 1 fully saturated rings. The Bertz CT molecular complexity index is 939. The van der Waals surface area contributed by atoms with Gasteiger partial charge in [-0.25, -0.2) is 4.79 Å². The molecule has 1 N–H and O–H groups in total. The molecule has 0 bridgehead atoms. The van der Waals surface area contributed by atoms with E-state index in [9.17, 15) is 14.4 Å². The molecule has 0 unspecified atom stereocenters. The third-order valence-corrected chi connectivity index (χ3v) is 5.53. The predicted octanol–water partition coefficient (Wildman–Crippen LogP) is 4.66. The molecule has 1 saturated heterocycles. The minimum Gasteiger partial charge on any atom is -0.462 e. The molecule has 0 saturated carbocycles. The second-order valence-electron chi connectivity index (χ2n) is 6.98. The first kappa shape index (κ1) is 22.1. The van der Waals surface area contributed by atoms with Crippen molar-refractivity contribution >= 4 is 46.7 Å². The van der Waals surface area contributed by atoms with Crippen LogP contribution in [-0.2, 0) is 9.53 Å². The molecular weight excluding hydrogens is 427 g/mol. The quantitative estimate of drug-likeness (QED) is 0.674. The van der Waals surface area contributed by atoms with Crippen molar-refractivity contribution in [2.75, 3.05) is 25.0 Å². The fourth-order valence-corrected chi connectivity index (χ4v) is 3.82. The molecular formula is C22H22Cl2N2O4. The second-order valence-corrected chi connectivity index (χ2v) is 7.82. The molecule has 1 aliphatic heterocycles. The van der Waals surface area contributed by atoms with E-state index in [0.717, 1.165) is 0 Å². The van der Waals surface area contributed by atoms with E-state index in [4.69, 9.17) is 27.9 Å². The minimum atomic E-state index is -0.395. The van der Waals surface area contributed by atoms with Gasteiger partial charge in [0.15, 0.2) is 0 Å². The lowest BCUT2D eigenvalue weighted by atomic mass is 9.95. The summed E-state index contributed by atoms with van der Waals surface area (Å²) in [5.74, 6) is -0.853. The Morgan fingerprint density at radius 1 is 1.07 bits per heavy atom. The highest BCUT2D eigenvalue weighted by Crippen LogP contribution is 2.25. The van der Waals surface area contributed by atoms with Crippen LogP contribution in [0.5, 0.6) is 0 Å². The molecule has 158 valence electrons. The van der Waals surface area contributed by atoms with Crippen LogP contribution in [0.4, 0.5) is 5.69 Å². The molecule has 2 aromatic rings. The van der Waals surface area contributed by atoms with Gasteiger partial charge in [-0.2, -0.15) is 0 Å². The normalized spacial score (nSPS) is 14.3. The zero-order valence-corrected chi connectivity index (χ0v) is 18.0. The van der Waals surface area contributed by atoms with Gasteiger partial charge in [-0.15, -0.1) is 0 Å². The lowest BCUT2D eigenvalue weighted by molar-refractivity contribution is -0.121. The number of carbonyl (C=O) groups excluding carboxylic acids is 3. The summed E-state index contributed by atoms with van der Waals surface area (Å²) in [4.78, 5) is 38.7. The van der Waals surface area contributed by atoms with Crippen LogP contribution in [0.2, 0.25) is 10.0 Å². The summed E-state index contributed by atoms with van der Waals surface area (Å²) < 4.78 is 4.95. The number of nitrogens with zero attached hydrogens (tertiary/aromatic N) is 1. The van der Waals surface area contributed by atoms with Crippen LogP contribution in [0.25, 0.3) is 0 Å². The molecule has 0 aromatic heterocycles. The number of likely N-dealkylation sites (tertiary alicyclic amines) is 1. The number of halogens is 2. The Balaban J connectivity index is 1.54. The lowest BCUT2D eigenvalue weighted by Gasteiger charge is -2.31. The summed E-state index contributed by atoms with van der Waals surface area (Å²) in [6.07, 6.45) is 1.12. The summed E-state index contributed by atoms with van der Waals surface area (Å²) in [6.45, 7) is 2.99. The van der Waals surface area contributed by atoms with Crippen molar-refractivity contribution in [1.29, 1.82) is 0 Å². The van der Waals surface area contributed by atoms with Gasteiger partial charge in [0.25, 0.3) is 5.91 Å². The first-order valence-corrected chi connectivity index (χ1v) is 10.5. The van der Waals surface area contributed by atoms with Gasteiger partial charge in [-0.05, 0) is 62.2 Å². The molecule has 2 aromatic carbocycles. The van der Waals surface area contributed by atoms with E-state index < -0.39 is 5.97 Å². The lowest BCUT2D eigenvalue weighted by Crippen LogP contribution is -2.41. The number of hydrogen-bond donors (Lipinski definition) is 1. The highest BCUT2D eigenvalue weighted by atomic mass is 35.5. The first-order chi connectivity index (χ1) is 14.4. The maximum atomic E-state index is 12.7. The van der Waals surface area contributed by atoms with E-state index in [0.29, 0.717) is 59.4 Å². The predicted molar refractivity (Wildman–Crippen MR) is 116 cm³/mol. The van der Waals surface area contributed by atoms with Crippen LogP contribution in [0.3, 0.4) is 0 Å². The average Bonchev–Trinajstić information content (AvgIpc) is 2.74. The highest BCUT2D eigenvalue weighted by Gasteiger charge is 2.28. The van der Waals surface area contributed by atoms with Crippen LogP contribution in [-0.4, -0.2) is 42.4 Å². The van der Waals surface area contributed by atoms with Gasteiger partial charge in [0.05, 0.1) is 22.8 Å². The fourth-order valence-electron chi connectivity index (χ4n) is 3.33. The van der Waals surface area contributed by atoms with Crippen molar-refractivity contribution < 1.29 is 19.1 Å². The molecule has 30 heavy (non-hydrogen) atoms. The molecule has 0 spiro atoms. The topological polar surface area (TPSA) is 75.7 Å². The molecule has 0 atom stereocenters. The van der Waals surface area contributed by atoms with Gasteiger partial charge in [-0.1, -0.05) is 23.2 Å². The van der Waals surface area contributed by atoms with Gasteiger partial charge in [0.2, 0.25) is 5.91 Å². The Kier molecular flexibility index (Phi) is 7.34. The van der Waals surface area contributed by atoms with Gasteiger partial charge in [0, 0.05) is 29.7 Å². The standard InChI is InChI=1S/C22H22Cl2N2O4/c1-2-30-22(29)15-3-6-17(7-4-15)25-20(27)14-9-11-26(12-10-14)21(28)18-8-5-16(23)13-19(18)24/h3-8,13-14H,2,9-12H2,1H3,(H,25,27). The van der Waals surface area contributed by atoms with Crippen molar-refractivity contribution in [1.82, 2.24) is 4.90 Å².